The second-order valence-electron chi connectivity index (χ2n) is 3.33. The Morgan fingerprint density at radius 1 is 1.53 bits per heavy atom. The Morgan fingerprint density at radius 3 is 3.00 bits per heavy atom. The largest absolute Gasteiger partial charge is 0.478 e. The summed E-state index contributed by atoms with van der Waals surface area (Å²) in [6.45, 7) is 0.412. The molecule has 17 heavy (non-hydrogen) atoms. The maximum atomic E-state index is 12.9. The summed E-state index contributed by atoms with van der Waals surface area (Å²) in [6, 6.07) is 3.62. The van der Waals surface area contributed by atoms with Gasteiger partial charge in [-0.1, -0.05) is 0 Å². The van der Waals surface area contributed by atoms with Crippen molar-refractivity contribution in [3.05, 3.63) is 46.2 Å². The van der Waals surface area contributed by atoms with Crippen molar-refractivity contribution in [3.63, 3.8) is 0 Å². The highest BCUT2D eigenvalue weighted by molar-refractivity contribution is 7.07. The van der Waals surface area contributed by atoms with Crippen LogP contribution in [0.3, 0.4) is 0 Å². The summed E-state index contributed by atoms with van der Waals surface area (Å²) < 4.78 is 12.9. The van der Waals surface area contributed by atoms with E-state index < -0.39 is 11.8 Å². The van der Waals surface area contributed by atoms with Gasteiger partial charge in [0.2, 0.25) is 0 Å². The number of nitrogens with one attached hydrogen (secondary N) is 1. The first-order valence-electron chi connectivity index (χ1n) is 4.80. The fourth-order valence-corrected chi connectivity index (χ4v) is 1.92. The van der Waals surface area contributed by atoms with Gasteiger partial charge in [-0.05, 0) is 18.2 Å². The Bertz CT molecular complexity index is 528. The Kier molecular flexibility index (Phi) is 3.34. The molecule has 4 nitrogen and oxygen atoms in total. The second kappa shape index (κ2) is 4.92. The third kappa shape index (κ3) is 2.79. The van der Waals surface area contributed by atoms with Crippen molar-refractivity contribution >= 4 is 23.0 Å². The lowest BCUT2D eigenvalue weighted by Gasteiger charge is -2.08. The monoisotopic (exact) mass is 252 g/mol. The molecule has 0 unspecified atom stereocenters. The molecule has 2 aromatic rings. The number of carboxylic acids is 1. The lowest BCUT2D eigenvalue weighted by atomic mass is 10.1. The lowest BCUT2D eigenvalue weighted by Crippen LogP contribution is -2.07. The van der Waals surface area contributed by atoms with Crippen LogP contribution in [0.4, 0.5) is 10.1 Å². The third-order valence-corrected chi connectivity index (χ3v) is 2.79. The zero-order valence-electron chi connectivity index (χ0n) is 8.68. The van der Waals surface area contributed by atoms with Crippen molar-refractivity contribution in [3.8, 4) is 0 Å². The Hall–Kier alpha value is -1.95. The van der Waals surface area contributed by atoms with Gasteiger partial charge in [-0.15, -0.1) is 11.3 Å². The molecule has 88 valence electrons. The van der Waals surface area contributed by atoms with E-state index in [1.54, 1.807) is 5.51 Å². The summed E-state index contributed by atoms with van der Waals surface area (Å²) in [5.74, 6) is -1.73. The summed E-state index contributed by atoms with van der Waals surface area (Å²) in [4.78, 5) is 15.0. The smallest absolute Gasteiger partial charge is 0.337 e. The van der Waals surface area contributed by atoms with E-state index in [0.29, 0.717) is 12.2 Å². The van der Waals surface area contributed by atoms with Gasteiger partial charge in [0.1, 0.15) is 5.82 Å². The molecule has 1 aromatic heterocycles. The number of carboxylic acid groups (broad SMARTS) is 1. The first kappa shape index (κ1) is 11.5. The van der Waals surface area contributed by atoms with E-state index in [9.17, 15) is 9.18 Å². The van der Waals surface area contributed by atoms with Crippen LogP contribution in [0.15, 0.2) is 29.1 Å². The van der Waals surface area contributed by atoms with Crippen LogP contribution >= 0.6 is 11.3 Å². The minimum atomic E-state index is -1.16. The molecule has 2 rings (SSSR count). The summed E-state index contributed by atoms with van der Waals surface area (Å²) in [7, 11) is 0. The highest BCUT2D eigenvalue weighted by Gasteiger charge is 2.11. The predicted octanol–water partition coefficient (Wildman–Crippen LogP) is 2.59. The van der Waals surface area contributed by atoms with E-state index in [0.717, 1.165) is 11.8 Å². The molecule has 2 N–H and O–H groups in total. The van der Waals surface area contributed by atoms with Crippen LogP contribution in [-0.2, 0) is 6.54 Å². The van der Waals surface area contributed by atoms with Gasteiger partial charge < -0.3 is 10.4 Å². The van der Waals surface area contributed by atoms with Gasteiger partial charge in [-0.25, -0.2) is 14.2 Å². The number of aromatic carboxylic acids is 1. The lowest BCUT2D eigenvalue weighted by molar-refractivity contribution is 0.0697. The van der Waals surface area contributed by atoms with Gasteiger partial charge in [-0.2, -0.15) is 0 Å². The average Bonchev–Trinajstić information content (AvgIpc) is 2.80. The highest BCUT2D eigenvalue weighted by Crippen LogP contribution is 2.18. The van der Waals surface area contributed by atoms with Crippen molar-refractivity contribution in [2.24, 2.45) is 0 Å². The van der Waals surface area contributed by atoms with Crippen molar-refractivity contribution in [2.75, 3.05) is 5.32 Å². The van der Waals surface area contributed by atoms with Crippen LogP contribution in [0.2, 0.25) is 0 Å². The van der Waals surface area contributed by atoms with Crippen LogP contribution in [0, 0.1) is 5.82 Å². The number of thiazole rings is 1. The fraction of sp³-hybridized carbons (Fsp3) is 0.0909. The number of benzene rings is 1. The minimum absolute atomic E-state index is 0.0831. The maximum Gasteiger partial charge on any atom is 0.337 e. The van der Waals surface area contributed by atoms with Gasteiger partial charge in [0.15, 0.2) is 0 Å². The fourth-order valence-electron chi connectivity index (χ4n) is 1.36. The maximum absolute atomic E-state index is 12.9. The van der Waals surface area contributed by atoms with E-state index in [1.807, 2.05) is 5.38 Å². The molecule has 0 saturated heterocycles. The van der Waals surface area contributed by atoms with Crippen LogP contribution in [-0.4, -0.2) is 16.1 Å². The number of nitrogens with zero attached hydrogens (tertiary/aromatic N) is 1. The molecule has 1 aromatic carbocycles. The number of aromatic nitrogens is 1. The van der Waals surface area contributed by atoms with E-state index in [2.05, 4.69) is 10.3 Å². The second-order valence-corrected chi connectivity index (χ2v) is 4.05. The van der Waals surface area contributed by atoms with Crippen LogP contribution in [0.25, 0.3) is 0 Å². The Labute approximate surface area is 101 Å². The predicted molar refractivity (Wildman–Crippen MR) is 62.8 cm³/mol. The molecular formula is C11H9FN2O2S. The molecule has 0 atom stereocenters. The Balaban J connectivity index is 2.17. The Morgan fingerprint density at radius 2 is 2.35 bits per heavy atom. The standard InChI is InChI=1S/C11H9FN2O2S/c12-7-1-2-10(9(3-7)11(15)16)13-4-8-5-17-6-14-8/h1-3,5-6,13H,4H2,(H,15,16). The van der Waals surface area contributed by atoms with Gasteiger partial charge in [-0.3, -0.25) is 0 Å². The molecule has 0 amide bonds. The number of halogens is 1. The summed E-state index contributed by atoms with van der Waals surface area (Å²) >= 11 is 1.46. The molecule has 0 bridgehead atoms. The average molecular weight is 252 g/mol. The molecule has 6 heteroatoms. The van der Waals surface area contributed by atoms with E-state index >= 15 is 0 Å². The van der Waals surface area contributed by atoms with Crippen molar-refractivity contribution in [1.82, 2.24) is 4.98 Å². The number of rotatable bonds is 4. The summed E-state index contributed by atoms with van der Waals surface area (Å²) in [6.07, 6.45) is 0. The first-order valence-corrected chi connectivity index (χ1v) is 5.75. The van der Waals surface area contributed by atoms with Gasteiger partial charge in [0.05, 0.1) is 23.3 Å². The third-order valence-electron chi connectivity index (χ3n) is 2.16. The molecular weight excluding hydrogens is 243 g/mol. The molecule has 0 aliphatic heterocycles. The molecule has 0 aliphatic rings. The van der Waals surface area contributed by atoms with E-state index in [4.69, 9.17) is 5.11 Å². The molecule has 0 spiro atoms. The van der Waals surface area contributed by atoms with Crippen LogP contribution in [0.1, 0.15) is 16.1 Å². The van der Waals surface area contributed by atoms with Gasteiger partial charge in [0, 0.05) is 11.1 Å². The summed E-state index contributed by atoms with van der Waals surface area (Å²) in [5, 5.41) is 13.7. The van der Waals surface area contributed by atoms with Crippen molar-refractivity contribution < 1.29 is 14.3 Å². The zero-order valence-corrected chi connectivity index (χ0v) is 9.50. The number of anilines is 1. The molecule has 0 aliphatic carbocycles. The zero-order chi connectivity index (χ0) is 12.3. The molecule has 0 saturated carbocycles. The van der Waals surface area contributed by atoms with Crippen LogP contribution < -0.4 is 5.32 Å². The van der Waals surface area contributed by atoms with E-state index in [-0.39, 0.29) is 5.56 Å². The normalized spacial score (nSPS) is 10.2. The highest BCUT2D eigenvalue weighted by atomic mass is 32.1. The number of carbonyl (C=O) groups is 1. The minimum Gasteiger partial charge on any atom is -0.478 e. The van der Waals surface area contributed by atoms with Crippen LogP contribution in [0.5, 0.6) is 0 Å². The van der Waals surface area contributed by atoms with Crippen molar-refractivity contribution in [2.45, 2.75) is 6.54 Å². The van der Waals surface area contributed by atoms with Crippen molar-refractivity contribution in [1.29, 1.82) is 0 Å². The van der Waals surface area contributed by atoms with Gasteiger partial charge in [0.25, 0.3) is 0 Å². The molecule has 0 fully saturated rings. The van der Waals surface area contributed by atoms with E-state index in [1.165, 1.54) is 23.5 Å². The number of hydrogen-bond acceptors (Lipinski definition) is 4. The molecule has 0 radical (unpaired) electrons. The molecule has 1 heterocycles. The topological polar surface area (TPSA) is 62.2 Å². The summed E-state index contributed by atoms with van der Waals surface area (Å²) in [5.41, 5.74) is 2.81. The SMILES string of the molecule is O=C(O)c1cc(F)ccc1NCc1cscn1. The number of hydrogen-bond donors (Lipinski definition) is 2. The first-order chi connectivity index (χ1) is 8.16. The van der Waals surface area contributed by atoms with Gasteiger partial charge >= 0.3 is 5.97 Å². The quantitative estimate of drug-likeness (QED) is 0.878.